The molecule has 0 bridgehead atoms. The second-order valence-electron chi connectivity index (χ2n) is 5.17. The summed E-state index contributed by atoms with van der Waals surface area (Å²) in [5.74, 6) is 2.53. The van der Waals surface area contributed by atoms with E-state index in [1.807, 2.05) is 45.0 Å². The van der Waals surface area contributed by atoms with Crippen molar-refractivity contribution in [1.29, 1.82) is 0 Å². The highest BCUT2D eigenvalue weighted by Gasteiger charge is 2.17. The third-order valence-electron chi connectivity index (χ3n) is 2.46. The van der Waals surface area contributed by atoms with Gasteiger partial charge in [-0.25, -0.2) is 4.74 Å². The topological polar surface area (TPSA) is 38.1 Å². The zero-order chi connectivity index (χ0) is 13.6. The van der Waals surface area contributed by atoms with E-state index < -0.39 is 5.54 Å². The van der Waals surface area contributed by atoms with Crippen LogP contribution in [-0.4, -0.2) is 23.0 Å². The monoisotopic (exact) mass is 244 g/mol. The third kappa shape index (κ3) is 4.60. The molecule has 0 aliphatic heterocycles. The summed E-state index contributed by atoms with van der Waals surface area (Å²) in [6.45, 7) is 6.95. The molecule has 0 unspecified atom stereocenters. The van der Waals surface area contributed by atoms with Crippen molar-refractivity contribution >= 4 is 6.21 Å². The molecule has 1 aromatic rings. The molecule has 0 atom stereocenters. The predicted molar refractivity (Wildman–Crippen MR) is 75.5 cm³/mol. The lowest BCUT2D eigenvalue weighted by Gasteiger charge is -2.18. The first-order chi connectivity index (χ1) is 8.43. The minimum atomic E-state index is -0.410. The van der Waals surface area contributed by atoms with Gasteiger partial charge in [-0.15, -0.1) is 6.42 Å². The quantitative estimate of drug-likeness (QED) is 0.220. The molecule has 0 saturated heterocycles. The smallest absolute Gasteiger partial charge is 0.182 e. The van der Waals surface area contributed by atoms with Crippen LogP contribution < -0.4 is 5.32 Å². The van der Waals surface area contributed by atoms with Gasteiger partial charge in [0.05, 0.1) is 6.54 Å². The van der Waals surface area contributed by atoms with E-state index in [1.165, 1.54) is 0 Å². The Hall–Kier alpha value is -1.79. The molecule has 0 radical (unpaired) electrons. The lowest BCUT2D eigenvalue weighted by molar-refractivity contribution is -0.530. The molecule has 96 valence electrons. The van der Waals surface area contributed by atoms with Gasteiger partial charge in [0.25, 0.3) is 0 Å². The van der Waals surface area contributed by atoms with Crippen LogP contribution in [0.5, 0.6) is 0 Å². The molecule has 3 heteroatoms. The van der Waals surface area contributed by atoms with Gasteiger partial charge in [-0.05, 0) is 17.7 Å². The van der Waals surface area contributed by atoms with Gasteiger partial charge in [-0.3, -0.25) is 0 Å². The largest absolute Gasteiger partial charge is 0.623 e. The van der Waals surface area contributed by atoms with E-state index in [4.69, 9.17) is 6.42 Å². The zero-order valence-electron chi connectivity index (χ0n) is 11.2. The number of nitrogens with one attached hydrogen (secondary N) is 1. The van der Waals surface area contributed by atoms with Crippen molar-refractivity contribution in [2.24, 2.45) is 0 Å². The zero-order valence-corrected chi connectivity index (χ0v) is 11.2. The summed E-state index contributed by atoms with van der Waals surface area (Å²) in [5.41, 5.74) is 1.64. The van der Waals surface area contributed by atoms with Crippen LogP contribution >= 0.6 is 0 Å². The Bertz CT molecular complexity index is 447. The molecule has 0 spiro atoms. The molecule has 0 aliphatic carbocycles. The molecule has 3 nitrogen and oxygen atoms in total. The van der Waals surface area contributed by atoms with Crippen LogP contribution in [0.4, 0.5) is 0 Å². The molecule has 18 heavy (non-hydrogen) atoms. The van der Waals surface area contributed by atoms with E-state index in [2.05, 4.69) is 11.2 Å². The summed E-state index contributed by atoms with van der Waals surface area (Å²) in [6.07, 6.45) is 6.76. The van der Waals surface area contributed by atoms with Crippen molar-refractivity contribution in [3.63, 3.8) is 0 Å². The highest BCUT2D eigenvalue weighted by Crippen LogP contribution is 2.07. The first kappa shape index (κ1) is 14.3. The number of hydrogen-bond donors (Lipinski definition) is 1. The molecule has 1 rings (SSSR count). The summed E-state index contributed by atoms with van der Waals surface area (Å²) in [4.78, 5) is 0. The number of benzene rings is 1. The molecule has 0 heterocycles. The Morgan fingerprint density at radius 2 is 1.94 bits per heavy atom. The Balaban J connectivity index is 2.69. The van der Waals surface area contributed by atoms with Crippen molar-refractivity contribution in [1.82, 2.24) is 5.32 Å². The van der Waals surface area contributed by atoms with Crippen molar-refractivity contribution < 1.29 is 4.74 Å². The fourth-order valence-electron chi connectivity index (χ4n) is 1.33. The number of hydrogen-bond acceptors (Lipinski definition) is 2. The van der Waals surface area contributed by atoms with E-state index in [0.717, 1.165) is 22.4 Å². The van der Waals surface area contributed by atoms with Gasteiger partial charge >= 0.3 is 0 Å². The maximum absolute atomic E-state index is 11.8. The Labute approximate surface area is 109 Å². The van der Waals surface area contributed by atoms with Gasteiger partial charge in [0, 0.05) is 32.9 Å². The first-order valence-corrected chi connectivity index (χ1v) is 5.98. The van der Waals surface area contributed by atoms with Crippen molar-refractivity contribution in [2.45, 2.75) is 32.9 Å². The van der Waals surface area contributed by atoms with Gasteiger partial charge in [0.1, 0.15) is 0 Å². The van der Waals surface area contributed by atoms with Crippen LogP contribution in [-0.2, 0) is 6.54 Å². The summed E-state index contributed by atoms with van der Waals surface area (Å²) in [5, 5.41) is 14.9. The maximum atomic E-state index is 11.8. The van der Waals surface area contributed by atoms with Gasteiger partial charge in [-0.2, -0.15) is 0 Å². The van der Waals surface area contributed by atoms with Crippen LogP contribution in [0.15, 0.2) is 24.3 Å². The van der Waals surface area contributed by atoms with Crippen LogP contribution in [0.2, 0.25) is 0 Å². The Morgan fingerprint density at radius 1 is 1.33 bits per heavy atom. The maximum Gasteiger partial charge on any atom is 0.182 e. The van der Waals surface area contributed by atoms with Gasteiger partial charge in [0.15, 0.2) is 11.8 Å². The molecule has 0 aliphatic rings. The molecular weight excluding hydrogens is 224 g/mol. The third-order valence-corrected chi connectivity index (χ3v) is 2.46. The molecule has 0 amide bonds. The van der Waals surface area contributed by atoms with Gasteiger partial charge in [-0.1, -0.05) is 18.1 Å². The lowest BCUT2D eigenvalue weighted by atomic mass is 10.1. The first-order valence-electron chi connectivity index (χ1n) is 5.98. The molecule has 0 aromatic heterocycles. The minimum absolute atomic E-state index is 0.410. The van der Waals surface area contributed by atoms with Crippen LogP contribution in [0.25, 0.3) is 0 Å². The van der Waals surface area contributed by atoms with E-state index in [1.54, 1.807) is 6.21 Å². The van der Waals surface area contributed by atoms with E-state index in [9.17, 15) is 5.21 Å². The molecule has 1 aromatic carbocycles. The minimum Gasteiger partial charge on any atom is -0.623 e. The van der Waals surface area contributed by atoms with Gasteiger partial charge in [0.2, 0.25) is 0 Å². The fraction of sp³-hybridized carbons (Fsp3) is 0.400. The highest BCUT2D eigenvalue weighted by molar-refractivity contribution is 5.75. The molecule has 1 N–H and O–H groups in total. The fourth-order valence-corrected chi connectivity index (χ4v) is 1.33. The van der Waals surface area contributed by atoms with E-state index >= 15 is 0 Å². The van der Waals surface area contributed by atoms with Crippen molar-refractivity contribution in [3.8, 4) is 12.3 Å². The van der Waals surface area contributed by atoms with E-state index in [-0.39, 0.29) is 0 Å². The normalized spacial score (nSPS) is 12.2. The van der Waals surface area contributed by atoms with Crippen LogP contribution in [0, 0.1) is 17.6 Å². The SMILES string of the molecule is C#CCNCc1ccc(/C=[N+](\[O-])C(C)(C)C)cc1. The second kappa shape index (κ2) is 6.23. The average Bonchev–Trinajstić information content (AvgIpc) is 2.30. The van der Waals surface area contributed by atoms with Crippen LogP contribution in [0.3, 0.4) is 0 Å². The number of rotatable bonds is 4. The van der Waals surface area contributed by atoms with Gasteiger partial charge < -0.3 is 10.5 Å². The molecule has 0 fully saturated rings. The molecular formula is C15H20N2O. The van der Waals surface area contributed by atoms with Crippen LogP contribution in [0.1, 0.15) is 31.9 Å². The van der Waals surface area contributed by atoms with Crippen molar-refractivity contribution in [2.75, 3.05) is 6.54 Å². The standard InChI is InChI=1S/C15H20N2O/c1-5-10-16-11-13-6-8-14(9-7-13)12-17(18)15(2,3)4/h1,6-9,12,16H,10-11H2,2-4H3/b17-12-. The van der Waals surface area contributed by atoms with E-state index in [0.29, 0.717) is 6.54 Å². The summed E-state index contributed by atoms with van der Waals surface area (Å²) in [6, 6.07) is 7.85. The molecule has 0 saturated carbocycles. The lowest BCUT2D eigenvalue weighted by Crippen LogP contribution is -2.29. The number of nitrogens with zero attached hydrogens (tertiary/aromatic N) is 1. The number of terminal acetylenes is 1. The average molecular weight is 244 g/mol. The predicted octanol–water partition coefficient (Wildman–Crippen LogP) is 2.14. The summed E-state index contributed by atoms with van der Waals surface area (Å²) in [7, 11) is 0. The summed E-state index contributed by atoms with van der Waals surface area (Å²) >= 11 is 0. The highest BCUT2D eigenvalue weighted by atomic mass is 16.5. The van der Waals surface area contributed by atoms with Crippen molar-refractivity contribution in [3.05, 3.63) is 40.6 Å². The Morgan fingerprint density at radius 3 is 2.44 bits per heavy atom. The summed E-state index contributed by atoms with van der Waals surface area (Å²) < 4.78 is 0.971. The number of hydroxylamine groups is 1. The Kier molecular flexibility index (Phi) is 4.94. The second-order valence-corrected chi connectivity index (χ2v) is 5.17.